The van der Waals surface area contributed by atoms with Gasteiger partial charge in [0.15, 0.2) is 0 Å². The van der Waals surface area contributed by atoms with Crippen molar-refractivity contribution in [2.24, 2.45) is 5.92 Å². The van der Waals surface area contributed by atoms with Gasteiger partial charge in [-0.15, -0.1) is 0 Å². The van der Waals surface area contributed by atoms with Crippen molar-refractivity contribution in [1.29, 1.82) is 0 Å². The third-order valence-electron chi connectivity index (χ3n) is 3.00. The van der Waals surface area contributed by atoms with E-state index < -0.39 is 11.6 Å². The Bertz CT molecular complexity index is 461. The van der Waals surface area contributed by atoms with E-state index in [-0.39, 0.29) is 18.1 Å². The second-order valence-corrected chi connectivity index (χ2v) is 6.58. The Labute approximate surface area is 129 Å². The molecule has 0 saturated carbocycles. The Morgan fingerprint density at radius 2 is 1.84 bits per heavy atom. The van der Waals surface area contributed by atoms with Gasteiger partial charge in [-0.25, -0.2) is 4.79 Å². The molecule has 0 aliphatic heterocycles. The van der Waals surface area contributed by atoms with Gasteiger partial charge in [-0.2, -0.15) is 0 Å². The van der Waals surface area contributed by atoms with Crippen LogP contribution in [0.1, 0.15) is 31.1 Å². The summed E-state index contributed by atoms with van der Waals surface area (Å²) < 4.78 is 6.65. The van der Waals surface area contributed by atoms with E-state index in [1.54, 1.807) is 6.92 Å². The van der Waals surface area contributed by atoms with Gasteiger partial charge in [-0.3, -0.25) is 0 Å². The van der Waals surface area contributed by atoms with E-state index in [4.69, 9.17) is 9.84 Å². The second kappa shape index (κ2) is 6.24. The lowest BCUT2D eigenvalue weighted by Gasteiger charge is -2.28. The highest BCUT2D eigenvalue weighted by Crippen LogP contribution is 2.35. The number of aliphatic hydroxyl groups is 1. The topological polar surface area (TPSA) is 66.8 Å². The number of carboxylic acid groups (broad SMARTS) is 1. The molecule has 1 atom stereocenters. The Hall–Kier alpha value is -0.590. The molecule has 0 spiro atoms. The lowest BCUT2D eigenvalue weighted by Crippen LogP contribution is -2.37. The first kappa shape index (κ1) is 16.5. The quantitative estimate of drug-likeness (QED) is 0.797. The summed E-state index contributed by atoms with van der Waals surface area (Å²) in [5, 5.41) is 19.1. The molecule has 0 heterocycles. The van der Waals surface area contributed by atoms with Gasteiger partial charge < -0.3 is 14.9 Å². The van der Waals surface area contributed by atoms with Gasteiger partial charge in [0.1, 0.15) is 12.4 Å². The highest BCUT2D eigenvalue weighted by Gasteiger charge is 2.26. The fraction of sp³-hybridized carbons (Fsp3) is 0.462. The molecule has 0 saturated heterocycles. The van der Waals surface area contributed by atoms with Crippen molar-refractivity contribution < 1.29 is 19.7 Å². The molecule has 1 rings (SSSR count). The maximum Gasteiger partial charge on any atom is 0.335 e. The molecule has 1 unspecified atom stereocenters. The van der Waals surface area contributed by atoms with Crippen molar-refractivity contribution >= 4 is 37.8 Å². The van der Waals surface area contributed by atoms with Crippen LogP contribution in [0.15, 0.2) is 21.1 Å². The summed E-state index contributed by atoms with van der Waals surface area (Å²) >= 11 is 6.54. The molecule has 0 amide bonds. The van der Waals surface area contributed by atoms with E-state index in [9.17, 15) is 9.90 Å². The Balaban J connectivity index is 2.94. The minimum absolute atomic E-state index is 0.0448. The number of halogens is 2. The van der Waals surface area contributed by atoms with Gasteiger partial charge in [0.2, 0.25) is 0 Å². The molecule has 1 aromatic rings. The maximum absolute atomic E-state index is 10.9. The van der Waals surface area contributed by atoms with Crippen LogP contribution in [0.3, 0.4) is 0 Å². The lowest BCUT2D eigenvalue weighted by atomic mass is 9.94. The molecule has 6 heteroatoms. The second-order valence-electron chi connectivity index (χ2n) is 4.87. The summed E-state index contributed by atoms with van der Waals surface area (Å²) in [6.45, 7) is 5.63. The summed E-state index contributed by atoms with van der Waals surface area (Å²) in [7, 11) is 0. The van der Waals surface area contributed by atoms with Gasteiger partial charge in [0.05, 0.1) is 20.1 Å². The van der Waals surface area contributed by atoms with Gasteiger partial charge >= 0.3 is 5.97 Å². The smallest absolute Gasteiger partial charge is 0.335 e. The van der Waals surface area contributed by atoms with Crippen LogP contribution in [0.25, 0.3) is 0 Å². The summed E-state index contributed by atoms with van der Waals surface area (Å²) in [6.07, 6.45) is 0. The van der Waals surface area contributed by atoms with E-state index in [2.05, 4.69) is 31.9 Å². The van der Waals surface area contributed by atoms with Gasteiger partial charge in [-0.1, -0.05) is 13.8 Å². The molecule has 0 fully saturated rings. The third kappa shape index (κ3) is 4.19. The van der Waals surface area contributed by atoms with Crippen LogP contribution in [0, 0.1) is 5.92 Å². The van der Waals surface area contributed by atoms with Crippen molar-refractivity contribution in [2.75, 3.05) is 6.61 Å². The van der Waals surface area contributed by atoms with Crippen molar-refractivity contribution in [3.8, 4) is 5.75 Å². The highest BCUT2D eigenvalue weighted by atomic mass is 79.9. The number of aromatic carboxylic acids is 1. The molecule has 106 valence electrons. The summed E-state index contributed by atoms with van der Waals surface area (Å²) in [5.74, 6) is -0.489. The molecular formula is C13H16Br2O4. The van der Waals surface area contributed by atoms with Crippen molar-refractivity contribution in [1.82, 2.24) is 0 Å². The largest absolute Gasteiger partial charge is 0.488 e. The molecule has 19 heavy (non-hydrogen) atoms. The van der Waals surface area contributed by atoms with E-state index in [1.807, 2.05) is 13.8 Å². The van der Waals surface area contributed by atoms with E-state index in [0.29, 0.717) is 14.7 Å². The first-order chi connectivity index (χ1) is 8.65. The normalized spacial score (nSPS) is 14.3. The van der Waals surface area contributed by atoms with Crippen LogP contribution in [-0.2, 0) is 0 Å². The predicted octanol–water partition coefficient (Wildman–Crippen LogP) is 3.70. The molecule has 0 aliphatic rings. The highest BCUT2D eigenvalue weighted by molar-refractivity contribution is 9.11. The summed E-state index contributed by atoms with van der Waals surface area (Å²) in [4.78, 5) is 10.9. The number of hydrogen-bond donors (Lipinski definition) is 2. The standard InChI is InChI=1S/C13H16Br2O4/c1-7(2)13(3,18)6-19-11-9(14)4-8(12(16)17)5-10(11)15/h4-5,7,18H,6H2,1-3H3,(H,16,17). The number of benzene rings is 1. The number of carbonyl (C=O) groups is 1. The first-order valence-corrected chi connectivity index (χ1v) is 7.31. The SMILES string of the molecule is CC(C)C(C)(O)COc1c(Br)cc(C(=O)O)cc1Br. The molecule has 0 bridgehead atoms. The van der Waals surface area contributed by atoms with Crippen molar-refractivity contribution in [2.45, 2.75) is 26.4 Å². The average molecular weight is 396 g/mol. The van der Waals surface area contributed by atoms with Gasteiger partial charge in [0.25, 0.3) is 0 Å². The lowest BCUT2D eigenvalue weighted by molar-refractivity contribution is -0.0270. The Morgan fingerprint density at radius 1 is 1.37 bits per heavy atom. The molecule has 0 radical (unpaired) electrons. The Morgan fingerprint density at radius 3 is 2.21 bits per heavy atom. The molecular weight excluding hydrogens is 380 g/mol. The minimum Gasteiger partial charge on any atom is -0.488 e. The van der Waals surface area contributed by atoms with E-state index in [1.165, 1.54) is 12.1 Å². The summed E-state index contributed by atoms with van der Waals surface area (Å²) in [5.41, 5.74) is -0.800. The van der Waals surface area contributed by atoms with Crippen molar-refractivity contribution in [3.05, 3.63) is 26.6 Å². The van der Waals surface area contributed by atoms with Gasteiger partial charge in [-0.05, 0) is 56.8 Å². The fourth-order valence-electron chi connectivity index (χ4n) is 1.21. The number of hydrogen-bond acceptors (Lipinski definition) is 3. The predicted molar refractivity (Wildman–Crippen MR) is 79.8 cm³/mol. The number of carboxylic acids is 1. The maximum atomic E-state index is 10.9. The molecule has 2 N–H and O–H groups in total. The molecule has 0 aliphatic carbocycles. The number of rotatable bonds is 5. The van der Waals surface area contributed by atoms with Crippen LogP contribution in [0.4, 0.5) is 0 Å². The summed E-state index contributed by atoms with van der Waals surface area (Å²) in [6, 6.07) is 2.93. The average Bonchev–Trinajstić information content (AvgIpc) is 2.27. The van der Waals surface area contributed by atoms with Crippen LogP contribution in [-0.4, -0.2) is 28.4 Å². The molecule has 4 nitrogen and oxygen atoms in total. The zero-order valence-electron chi connectivity index (χ0n) is 10.9. The van der Waals surface area contributed by atoms with Crippen LogP contribution in [0.5, 0.6) is 5.75 Å². The minimum atomic E-state index is -1.01. The Kier molecular flexibility index (Phi) is 5.41. The number of ether oxygens (including phenoxy) is 1. The zero-order valence-corrected chi connectivity index (χ0v) is 14.1. The monoisotopic (exact) mass is 394 g/mol. The van der Waals surface area contributed by atoms with E-state index in [0.717, 1.165) is 0 Å². The zero-order chi connectivity index (χ0) is 14.8. The van der Waals surface area contributed by atoms with Gasteiger partial charge in [0, 0.05) is 0 Å². The van der Waals surface area contributed by atoms with Crippen molar-refractivity contribution in [3.63, 3.8) is 0 Å². The molecule has 1 aromatic carbocycles. The van der Waals surface area contributed by atoms with Crippen LogP contribution in [0.2, 0.25) is 0 Å². The first-order valence-electron chi connectivity index (χ1n) is 5.72. The fourth-order valence-corrected chi connectivity index (χ4v) is 2.62. The van der Waals surface area contributed by atoms with Crippen LogP contribution < -0.4 is 4.74 Å². The van der Waals surface area contributed by atoms with Crippen LogP contribution >= 0.6 is 31.9 Å². The van der Waals surface area contributed by atoms with E-state index >= 15 is 0 Å². The third-order valence-corrected chi connectivity index (χ3v) is 4.18. The molecule has 0 aromatic heterocycles.